The quantitative estimate of drug-likeness (QED) is 0.626. The minimum Gasteiger partial charge on any atom is -0.610 e. The second-order valence-electron chi connectivity index (χ2n) is 5.89. The van der Waals surface area contributed by atoms with Crippen molar-refractivity contribution in [1.82, 2.24) is 9.97 Å². The number of hydrogen-bond acceptors (Lipinski definition) is 4. The van der Waals surface area contributed by atoms with E-state index in [4.69, 9.17) is 0 Å². The molecule has 0 spiro atoms. The van der Waals surface area contributed by atoms with Crippen LogP contribution in [0.2, 0.25) is 0 Å². The van der Waals surface area contributed by atoms with Gasteiger partial charge in [-0.05, 0) is 39.0 Å². The molecule has 3 rings (SSSR count). The lowest BCUT2D eigenvalue weighted by Crippen LogP contribution is -2.24. The van der Waals surface area contributed by atoms with E-state index in [9.17, 15) is 4.55 Å². The van der Waals surface area contributed by atoms with Crippen molar-refractivity contribution in [1.29, 1.82) is 0 Å². The summed E-state index contributed by atoms with van der Waals surface area (Å²) in [6, 6.07) is 15.9. The third-order valence-electron chi connectivity index (χ3n) is 4.30. The summed E-state index contributed by atoms with van der Waals surface area (Å²) in [5.74, 6) is 0.445. The standard InChI is InChI=1S/C20H23N3OS/c1-4-23(5-2)19-13-9-6-10-16(19)14-25(24)20-15(3)21-17-11-7-8-12-18(17)22-20/h6-13H,4-5,14H2,1-3H3. The molecule has 0 bridgehead atoms. The minimum absolute atomic E-state index is 0.445. The molecule has 0 fully saturated rings. The molecule has 25 heavy (non-hydrogen) atoms. The fourth-order valence-corrected chi connectivity index (χ4v) is 4.24. The van der Waals surface area contributed by atoms with Crippen LogP contribution < -0.4 is 4.90 Å². The third kappa shape index (κ3) is 3.78. The molecule has 130 valence electrons. The van der Waals surface area contributed by atoms with Gasteiger partial charge in [0.25, 0.3) is 5.03 Å². The molecule has 0 amide bonds. The topological polar surface area (TPSA) is 52.1 Å². The zero-order valence-corrected chi connectivity index (χ0v) is 15.7. The summed E-state index contributed by atoms with van der Waals surface area (Å²) < 4.78 is 13.0. The first-order valence-corrected chi connectivity index (χ1v) is 9.90. The van der Waals surface area contributed by atoms with Gasteiger partial charge in [-0.1, -0.05) is 30.3 Å². The lowest BCUT2D eigenvalue weighted by Gasteiger charge is -2.24. The molecule has 1 aromatic heterocycles. The van der Waals surface area contributed by atoms with Gasteiger partial charge in [0.05, 0.1) is 11.0 Å². The van der Waals surface area contributed by atoms with E-state index in [1.165, 1.54) is 0 Å². The summed E-state index contributed by atoms with van der Waals surface area (Å²) in [6.07, 6.45) is 0. The number of aryl methyl sites for hydroxylation is 1. The first kappa shape index (κ1) is 17.7. The van der Waals surface area contributed by atoms with Crippen LogP contribution >= 0.6 is 0 Å². The van der Waals surface area contributed by atoms with Crippen LogP contribution in [0.3, 0.4) is 0 Å². The summed E-state index contributed by atoms with van der Waals surface area (Å²) in [5, 5.41) is 0.577. The lowest BCUT2D eigenvalue weighted by atomic mass is 10.2. The number of hydrogen-bond donors (Lipinski definition) is 0. The van der Waals surface area contributed by atoms with Crippen LogP contribution in [0.5, 0.6) is 0 Å². The Labute approximate surface area is 152 Å². The first-order chi connectivity index (χ1) is 12.1. The van der Waals surface area contributed by atoms with E-state index in [1.54, 1.807) is 0 Å². The highest BCUT2D eigenvalue weighted by Gasteiger charge is 2.21. The average Bonchev–Trinajstić information content (AvgIpc) is 2.63. The molecule has 1 atom stereocenters. The van der Waals surface area contributed by atoms with Gasteiger partial charge in [-0.3, -0.25) is 0 Å². The molecular weight excluding hydrogens is 330 g/mol. The molecule has 0 saturated carbocycles. The SMILES string of the molecule is CCN(CC)c1ccccc1C[S+]([O-])c1nc2ccccc2nc1C. The smallest absolute Gasteiger partial charge is 0.266 e. The van der Waals surface area contributed by atoms with Gasteiger partial charge in [-0.15, -0.1) is 0 Å². The second-order valence-corrected chi connectivity index (χ2v) is 7.26. The Morgan fingerprint density at radius 2 is 1.52 bits per heavy atom. The van der Waals surface area contributed by atoms with Crippen molar-refractivity contribution in [3.05, 3.63) is 59.8 Å². The zero-order valence-electron chi connectivity index (χ0n) is 14.9. The van der Waals surface area contributed by atoms with Crippen LogP contribution in [-0.2, 0) is 16.9 Å². The van der Waals surface area contributed by atoms with E-state index in [0.29, 0.717) is 10.8 Å². The van der Waals surface area contributed by atoms with Crippen LogP contribution in [0.4, 0.5) is 5.69 Å². The number of rotatable bonds is 6. The van der Waals surface area contributed by atoms with Crippen LogP contribution in [0.25, 0.3) is 11.0 Å². The molecule has 5 heteroatoms. The van der Waals surface area contributed by atoms with Crippen LogP contribution in [-0.4, -0.2) is 27.6 Å². The van der Waals surface area contributed by atoms with Crippen molar-refractivity contribution in [3.8, 4) is 0 Å². The highest BCUT2D eigenvalue weighted by Crippen LogP contribution is 2.26. The Morgan fingerprint density at radius 1 is 0.920 bits per heavy atom. The Bertz CT molecular complexity index is 864. The maximum Gasteiger partial charge on any atom is 0.266 e. The number of aromatic nitrogens is 2. The van der Waals surface area contributed by atoms with E-state index in [-0.39, 0.29) is 0 Å². The Hall–Kier alpha value is -2.11. The first-order valence-electron chi connectivity index (χ1n) is 8.58. The van der Waals surface area contributed by atoms with Gasteiger partial charge in [0.1, 0.15) is 11.4 Å². The Morgan fingerprint density at radius 3 is 2.20 bits per heavy atom. The molecule has 0 N–H and O–H groups in total. The van der Waals surface area contributed by atoms with E-state index < -0.39 is 11.2 Å². The van der Waals surface area contributed by atoms with Crippen molar-refractivity contribution in [2.75, 3.05) is 18.0 Å². The fourth-order valence-electron chi connectivity index (χ4n) is 3.00. The van der Waals surface area contributed by atoms with Crippen molar-refractivity contribution in [2.45, 2.75) is 31.6 Å². The largest absolute Gasteiger partial charge is 0.610 e. The summed E-state index contributed by atoms with van der Waals surface area (Å²) in [6.45, 7) is 8.00. The van der Waals surface area contributed by atoms with Gasteiger partial charge in [-0.2, -0.15) is 4.98 Å². The number of para-hydroxylation sites is 3. The monoisotopic (exact) mass is 353 g/mol. The lowest BCUT2D eigenvalue weighted by molar-refractivity contribution is 0.589. The second kappa shape index (κ2) is 7.85. The van der Waals surface area contributed by atoms with Crippen LogP contribution in [0.15, 0.2) is 53.6 Å². The van der Waals surface area contributed by atoms with E-state index in [2.05, 4.69) is 40.8 Å². The predicted molar refractivity (Wildman–Crippen MR) is 104 cm³/mol. The molecule has 0 aliphatic heterocycles. The van der Waals surface area contributed by atoms with Crippen LogP contribution in [0.1, 0.15) is 25.1 Å². The van der Waals surface area contributed by atoms with Crippen molar-refractivity contribution >= 4 is 27.9 Å². The molecule has 0 saturated heterocycles. The minimum atomic E-state index is -1.23. The molecule has 2 aromatic carbocycles. The summed E-state index contributed by atoms with van der Waals surface area (Å²) in [4.78, 5) is 11.5. The van der Waals surface area contributed by atoms with Gasteiger partial charge in [0, 0.05) is 35.5 Å². The Kier molecular flexibility index (Phi) is 5.56. The molecule has 1 heterocycles. The molecule has 0 aliphatic rings. The van der Waals surface area contributed by atoms with E-state index in [1.807, 2.05) is 43.3 Å². The highest BCUT2D eigenvalue weighted by atomic mass is 32.2. The molecule has 3 aromatic rings. The maximum absolute atomic E-state index is 13.0. The van der Waals surface area contributed by atoms with E-state index >= 15 is 0 Å². The number of anilines is 1. The number of fused-ring (bicyclic) bond motifs is 1. The summed E-state index contributed by atoms with van der Waals surface area (Å²) >= 11 is -1.23. The molecule has 1 unspecified atom stereocenters. The average molecular weight is 353 g/mol. The van der Waals surface area contributed by atoms with Crippen LogP contribution in [0, 0.1) is 6.92 Å². The predicted octanol–water partition coefficient (Wildman–Crippen LogP) is 4.09. The van der Waals surface area contributed by atoms with Gasteiger partial charge >= 0.3 is 0 Å². The fraction of sp³-hybridized carbons (Fsp3) is 0.300. The van der Waals surface area contributed by atoms with Crippen molar-refractivity contribution < 1.29 is 4.55 Å². The maximum atomic E-state index is 13.0. The van der Waals surface area contributed by atoms with Gasteiger partial charge in [0.15, 0.2) is 0 Å². The van der Waals surface area contributed by atoms with Crippen molar-refractivity contribution in [2.24, 2.45) is 0 Å². The summed E-state index contributed by atoms with van der Waals surface area (Å²) in [5.41, 5.74) is 4.58. The Balaban J connectivity index is 1.93. The van der Waals surface area contributed by atoms with Crippen molar-refractivity contribution in [3.63, 3.8) is 0 Å². The third-order valence-corrected chi connectivity index (χ3v) is 5.69. The molecule has 0 aliphatic carbocycles. The van der Waals surface area contributed by atoms with E-state index in [0.717, 1.165) is 41.1 Å². The molecular formula is C20H23N3OS. The normalized spacial score (nSPS) is 12.3. The molecule has 0 radical (unpaired) electrons. The number of benzene rings is 2. The molecule has 4 nitrogen and oxygen atoms in total. The van der Waals surface area contributed by atoms with Gasteiger partial charge < -0.3 is 9.45 Å². The van der Waals surface area contributed by atoms with Gasteiger partial charge in [-0.25, -0.2) is 4.98 Å². The highest BCUT2D eigenvalue weighted by molar-refractivity contribution is 7.90. The number of nitrogens with zero attached hydrogens (tertiary/aromatic N) is 3. The zero-order chi connectivity index (χ0) is 17.8. The summed E-state index contributed by atoms with van der Waals surface area (Å²) in [7, 11) is 0. The van der Waals surface area contributed by atoms with Gasteiger partial charge in [0.2, 0.25) is 0 Å².